The highest BCUT2D eigenvalue weighted by atomic mass is 32.2. The molecule has 0 heterocycles. The highest BCUT2D eigenvalue weighted by molar-refractivity contribution is 7.85. The van der Waals surface area contributed by atoms with Crippen LogP contribution in [0.15, 0.2) is 41.3 Å². The van der Waals surface area contributed by atoms with Crippen LogP contribution in [0.2, 0.25) is 0 Å². The predicted molar refractivity (Wildman–Crippen MR) is 86.4 cm³/mol. The van der Waals surface area contributed by atoms with Crippen molar-refractivity contribution >= 4 is 10.8 Å². The summed E-state index contributed by atoms with van der Waals surface area (Å²) in [6.07, 6.45) is 9.07. The monoisotopic (exact) mass is 294 g/mol. The molecule has 1 rings (SSSR count). The van der Waals surface area contributed by atoms with E-state index in [4.69, 9.17) is 0 Å². The second-order valence-corrected chi connectivity index (χ2v) is 6.67. The zero-order valence-corrected chi connectivity index (χ0v) is 13.4. The smallest absolute Gasteiger partial charge is 0.0839 e. The summed E-state index contributed by atoms with van der Waals surface area (Å²) in [5.74, 6) is 0.272. The van der Waals surface area contributed by atoms with Gasteiger partial charge in [-0.15, -0.1) is 0 Å². The Morgan fingerprint density at radius 1 is 1.20 bits per heavy atom. The van der Waals surface area contributed by atoms with Crippen LogP contribution in [-0.4, -0.2) is 21.2 Å². The number of aliphatic hydroxyl groups is 1. The fourth-order valence-electron chi connectivity index (χ4n) is 1.94. The standard InChI is InChI=1S/C17H26O2S/c1-3-4-5-6-7-8-9-16(18)14-20(19)17-12-10-15(2)11-13-17/h8-13,16,18H,3-7,14H2,1-2H3/b9-8-/t16-,20-/m0/s1. The first-order valence-corrected chi connectivity index (χ1v) is 8.75. The van der Waals surface area contributed by atoms with Crippen LogP contribution in [0, 0.1) is 6.92 Å². The Morgan fingerprint density at radius 2 is 1.90 bits per heavy atom. The maximum Gasteiger partial charge on any atom is 0.0839 e. The average molecular weight is 294 g/mol. The van der Waals surface area contributed by atoms with Crippen molar-refractivity contribution in [1.82, 2.24) is 0 Å². The van der Waals surface area contributed by atoms with Gasteiger partial charge < -0.3 is 5.11 Å². The van der Waals surface area contributed by atoms with E-state index in [0.717, 1.165) is 23.3 Å². The van der Waals surface area contributed by atoms with Crippen molar-refractivity contribution in [3.8, 4) is 0 Å². The van der Waals surface area contributed by atoms with Crippen molar-refractivity contribution in [1.29, 1.82) is 0 Å². The van der Waals surface area contributed by atoms with Crippen LogP contribution in [-0.2, 0) is 10.8 Å². The average Bonchev–Trinajstić information content (AvgIpc) is 2.43. The molecule has 3 heteroatoms. The van der Waals surface area contributed by atoms with Crippen LogP contribution in [0.1, 0.15) is 44.6 Å². The first-order valence-electron chi connectivity index (χ1n) is 7.43. The van der Waals surface area contributed by atoms with Gasteiger partial charge in [-0.3, -0.25) is 4.21 Å². The molecule has 0 aliphatic rings. The number of hydrogen-bond acceptors (Lipinski definition) is 2. The van der Waals surface area contributed by atoms with Crippen molar-refractivity contribution in [2.45, 2.75) is 57.0 Å². The van der Waals surface area contributed by atoms with Gasteiger partial charge in [0.2, 0.25) is 0 Å². The van der Waals surface area contributed by atoms with Crippen LogP contribution in [0.4, 0.5) is 0 Å². The van der Waals surface area contributed by atoms with Crippen LogP contribution in [0.3, 0.4) is 0 Å². The van der Waals surface area contributed by atoms with Crippen molar-refractivity contribution in [2.24, 2.45) is 0 Å². The van der Waals surface area contributed by atoms with Crippen LogP contribution in [0.25, 0.3) is 0 Å². The van der Waals surface area contributed by atoms with E-state index in [1.54, 1.807) is 6.08 Å². The molecule has 0 aliphatic carbocycles. The van der Waals surface area contributed by atoms with E-state index >= 15 is 0 Å². The molecule has 112 valence electrons. The van der Waals surface area contributed by atoms with Gasteiger partial charge in [0.1, 0.15) is 0 Å². The molecule has 1 aromatic rings. The second-order valence-electron chi connectivity index (χ2n) is 5.17. The second kappa shape index (κ2) is 9.89. The molecule has 20 heavy (non-hydrogen) atoms. The molecule has 0 spiro atoms. The fourth-order valence-corrected chi connectivity index (χ4v) is 2.99. The number of allylic oxidation sites excluding steroid dienone is 1. The number of hydrogen-bond donors (Lipinski definition) is 1. The number of aliphatic hydroxyl groups excluding tert-OH is 1. The van der Waals surface area contributed by atoms with Gasteiger partial charge in [-0.1, -0.05) is 56.0 Å². The summed E-state index contributed by atoms with van der Waals surface area (Å²) in [5, 5.41) is 9.86. The molecular weight excluding hydrogens is 268 g/mol. The van der Waals surface area contributed by atoms with E-state index in [9.17, 15) is 9.32 Å². The lowest BCUT2D eigenvalue weighted by atomic mass is 10.1. The fraction of sp³-hybridized carbons (Fsp3) is 0.529. The van der Waals surface area contributed by atoms with Crippen LogP contribution < -0.4 is 0 Å². The lowest BCUT2D eigenvalue weighted by molar-refractivity contribution is 0.247. The lowest BCUT2D eigenvalue weighted by Crippen LogP contribution is -2.14. The molecule has 0 amide bonds. The van der Waals surface area contributed by atoms with Gasteiger partial charge in [-0.2, -0.15) is 0 Å². The number of rotatable bonds is 9. The summed E-state index contributed by atoms with van der Waals surface area (Å²) in [5.41, 5.74) is 1.15. The summed E-state index contributed by atoms with van der Waals surface area (Å²) in [4.78, 5) is 0.783. The molecular formula is C17H26O2S. The molecule has 1 aromatic carbocycles. The van der Waals surface area contributed by atoms with Gasteiger partial charge in [-0.05, 0) is 31.9 Å². The van der Waals surface area contributed by atoms with E-state index in [1.165, 1.54) is 19.3 Å². The number of benzene rings is 1. The molecule has 2 nitrogen and oxygen atoms in total. The van der Waals surface area contributed by atoms with Crippen molar-refractivity contribution in [3.05, 3.63) is 42.0 Å². The van der Waals surface area contributed by atoms with Gasteiger partial charge in [0.15, 0.2) is 0 Å². The van der Waals surface area contributed by atoms with Gasteiger partial charge in [0, 0.05) is 4.90 Å². The predicted octanol–water partition coefficient (Wildman–Crippen LogP) is 3.99. The molecule has 0 radical (unpaired) electrons. The molecule has 0 saturated heterocycles. The Morgan fingerprint density at radius 3 is 2.55 bits per heavy atom. The zero-order chi connectivity index (χ0) is 14.8. The summed E-state index contributed by atoms with van der Waals surface area (Å²) < 4.78 is 12.1. The Hall–Kier alpha value is -0.930. The van der Waals surface area contributed by atoms with E-state index in [1.807, 2.05) is 37.3 Å². The summed E-state index contributed by atoms with van der Waals surface area (Å²) in [6, 6.07) is 7.63. The quantitative estimate of drug-likeness (QED) is 0.552. The van der Waals surface area contributed by atoms with Crippen molar-refractivity contribution < 1.29 is 9.32 Å². The summed E-state index contributed by atoms with van der Waals surface area (Å²) >= 11 is 0. The Bertz CT molecular complexity index is 423. The summed E-state index contributed by atoms with van der Waals surface area (Å²) in [6.45, 7) is 4.20. The minimum Gasteiger partial charge on any atom is -0.388 e. The van der Waals surface area contributed by atoms with Crippen molar-refractivity contribution in [2.75, 3.05) is 5.75 Å². The van der Waals surface area contributed by atoms with E-state index in [0.29, 0.717) is 0 Å². The minimum atomic E-state index is -1.13. The van der Waals surface area contributed by atoms with Gasteiger partial charge in [0.25, 0.3) is 0 Å². The number of aryl methyl sites for hydroxylation is 1. The Kier molecular flexibility index (Phi) is 8.47. The molecule has 0 saturated carbocycles. The molecule has 0 bridgehead atoms. The largest absolute Gasteiger partial charge is 0.388 e. The third-order valence-electron chi connectivity index (χ3n) is 3.19. The minimum absolute atomic E-state index is 0.272. The van der Waals surface area contributed by atoms with Crippen molar-refractivity contribution in [3.63, 3.8) is 0 Å². The summed E-state index contributed by atoms with van der Waals surface area (Å²) in [7, 11) is -1.13. The Balaban J connectivity index is 2.30. The van der Waals surface area contributed by atoms with E-state index in [-0.39, 0.29) is 5.75 Å². The molecule has 0 fully saturated rings. The first-order chi connectivity index (χ1) is 9.63. The maximum absolute atomic E-state index is 12.1. The third-order valence-corrected chi connectivity index (χ3v) is 4.63. The molecule has 0 unspecified atom stereocenters. The molecule has 0 aromatic heterocycles. The number of unbranched alkanes of at least 4 members (excludes halogenated alkanes) is 4. The van der Waals surface area contributed by atoms with Gasteiger partial charge in [-0.25, -0.2) is 0 Å². The van der Waals surface area contributed by atoms with E-state index < -0.39 is 16.9 Å². The zero-order valence-electron chi connectivity index (χ0n) is 12.5. The topological polar surface area (TPSA) is 37.3 Å². The lowest BCUT2D eigenvalue weighted by Gasteiger charge is -2.06. The molecule has 1 N–H and O–H groups in total. The van der Waals surface area contributed by atoms with Crippen LogP contribution in [0.5, 0.6) is 0 Å². The first kappa shape index (κ1) is 17.1. The van der Waals surface area contributed by atoms with E-state index in [2.05, 4.69) is 6.92 Å². The van der Waals surface area contributed by atoms with Gasteiger partial charge >= 0.3 is 0 Å². The SMILES string of the molecule is CCCCCC/C=C\[C@H](O)C[S@](=O)c1ccc(C)cc1. The maximum atomic E-state index is 12.1. The molecule has 0 aliphatic heterocycles. The van der Waals surface area contributed by atoms with Crippen LogP contribution >= 0.6 is 0 Å². The normalized spacial score (nSPS) is 14.6. The van der Waals surface area contributed by atoms with Gasteiger partial charge in [0.05, 0.1) is 22.7 Å². The third kappa shape index (κ3) is 7.01. The highest BCUT2D eigenvalue weighted by Crippen LogP contribution is 2.10. The molecule has 2 atom stereocenters. The highest BCUT2D eigenvalue weighted by Gasteiger charge is 2.08. The Labute approximate surface area is 125 Å².